The van der Waals surface area contributed by atoms with Crippen molar-refractivity contribution in [2.24, 2.45) is 0 Å². The number of nitrogens with zero attached hydrogens (tertiary/aromatic N) is 2. The first kappa shape index (κ1) is 15.1. The van der Waals surface area contributed by atoms with Crippen LogP contribution in [0.15, 0.2) is 24.3 Å². The van der Waals surface area contributed by atoms with Gasteiger partial charge in [-0.3, -0.25) is 4.90 Å². The third kappa shape index (κ3) is 4.12. The summed E-state index contributed by atoms with van der Waals surface area (Å²) in [6.07, 6.45) is 5.57. The van der Waals surface area contributed by atoms with Crippen LogP contribution in [-0.2, 0) is 0 Å². The summed E-state index contributed by atoms with van der Waals surface area (Å²) >= 11 is 6.28. The third-order valence-corrected chi connectivity index (χ3v) is 5.10. The Morgan fingerprint density at radius 3 is 2.48 bits per heavy atom. The Balaban J connectivity index is 1.39. The van der Waals surface area contributed by atoms with Crippen molar-refractivity contribution in [2.75, 3.05) is 44.2 Å². The normalized spacial score (nSPS) is 21.1. The number of hydrogen-bond donors (Lipinski definition) is 1. The molecule has 21 heavy (non-hydrogen) atoms. The van der Waals surface area contributed by atoms with Crippen LogP contribution in [-0.4, -0.2) is 50.2 Å². The largest absolute Gasteiger partial charge is 0.368 e. The van der Waals surface area contributed by atoms with Crippen LogP contribution in [0.1, 0.15) is 25.7 Å². The van der Waals surface area contributed by atoms with Crippen LogP contribution in [0.25, 0.3) is 0 Å². The lowest BCUT2D eigenvalue weighted by Gasteiger charge is -2.36. The first-order valence-electron chi connectivity index (χ1n) is 8.28. The Hall–Kier alpha value is -0.770. The predicted octanol–water partition coefficient (Wildman–Crippen LogP) is 2.99. The average molecular weight is 308 g/mol. The summed E-state index contributed by atoms with van der Waals surface area (Å²) in [6, 6.07) is 8.96. The van der Waals surface area contributed by atoms with Gasteiger partial charge in [0, 0.05) is 45.3 Å². The van der Waals surface area contributed by atoms with Gasteiger partial charge in [0.2, 0.25) is 0 Å². The fourth-order valence-electron chi connectivity index (χ4n) is 3.48. The molecule has 2 aliphatic rings. The number of para-hydroxylation sites is 1. The van der Waals surface area contributed by atoms with Crippen LogP contribution in [0, 0.1) is 0 Å². The van der Waals surface area contributed by atoms with E-state index in [0.29, 0.717) is 0 Å². The summed E-state index contributed by atoms with van der Waals surface area (Å²) in [6.45, 7) is 6.74. The number of rotatable bonds is 5. The highest BCUT2D eigenvalue weighted by Gasteiger charge is 2.19. The molecule has 0 amide bonds. The molecule has 1 saturated heterocycles. The van der Waals surface area contributed by atoms with Crippen molar-refractivity contribution >= 4 is 17.3 Å². The molecule has 2 fully saturated rings. The molecule has 116 valence electrons. The standard InChI is InChI=1S/C17H26ClN3/c18-16-7-3-4-8-17(16)21-13-11-20(12-14-21)10-9-19-15-5-1-2-6-15/h3-4,7-8,15,19H,1-2,5-6,9-14H2. The molecule has 1 aliphatic heterocycles. The molecule has 1 saturated carbocycles. The van der Waals surface area contributed by atoms with Crippen LogP contribution < -0.4 is 10.2 Å². The van der Waals surface area contributed by atoms with Gasteiger partial charge < -0.3 is 10.2 Å². The Morgan fingerprint density at radius 2 is 1.76 bits per heavy atom. The summed E-state index contributed by atoms with van der Waals surface area (Å²) in [5.41, 5.74) is 1.18. The predicted molar refractivity (Wildman–Crippen MR) is 90.4 cm³/mol. The molecule has 0 bridgehead atoms. The van der Waals surface area contributed by atoms with E-state index in [1.807, 2.05) is 12.1 Å². The SMILES string of the molecule is Clc1ccccc1N1CCN(CCNC2CCCC2)CC1. The topological polar surface area (TPSA) is 18.5 Å². The van der Waals surface area contributed by atoms with E-state index in [1.165, 1.54) is 37.9 Å². The van der Waals surface area contributed by atoms with E-state index in [1.54, 1.807) is 0 Å². The fourth-order valence-corrected chi connectivity index (χ4v) is 3.73. The highest BCUT2D eigenvalue weighted by atomic mass is 35.5. The zero-order valence-electron chi connectivity index (χ0n) is 12.7. The maximum atomic E-state index is 6.28. The van der Waals surface area contributed by atoms with Crippen LogP contribution in [0.5, 0.6) is 0 Å². The van der Waals surface area contributed by atoms with Gasteiger partial charge in [-0.15, -0.1) is 0 Å². The third-order valence-electron chi connectivity index (χ3n) is 4.78. The summed E-state index contributed by atoms with van der Waals surface area (Å²) in [5.74, 6) is 0. The van der Waals surface area contributed by atoms with Crippen molar-refractivity contribution in [1.82, 2.24) is 10.2 Å². The number of anilines is 1. The molecule has 1 aromatic rings. The lowest BCUT2D eigenvalue weighted by atomic mass is 10.2. The minimum absolute atomic E-state index is 0.786. The average Bonchev–Trinajstić information content (AvgIpc) is 3.02. The minimum atomic E-state index is 0.786. The van der Waals surface area contributed by atoms with Crippen LogP contribution >= 0.6 is 11.6 Å². The molecule has 0 atom stereocenters. The van der Waals surface area contributed by atoms with E-state index in [9.17, 15) is 0 Å². The van der Waals surface area contributed by atoms with Crippen molar-refractivity contribution in [2.45, 2.75) is 31.7 Å². The van der Waals surface area contributed by atoms with E-state index in [2.05, 4.69) is 27.2 Å². The van der Waals surface area contributed by atoms with Crippen LogP contribution in [0.3, 0.4) is 0 Å². The molecular formula is C17H26ClN3. The number of nitrogens with one attached hydrogen (secondary N) is 1. The Morgan fingerprint density at radius 1 is 1.05 bits per heavy atom. The summed E-state index contributed by atoms with van der Waals surface area (Å²) in [4.78, 5) is 4.97. The first-order chi connectivity index (χ1) is 10.3. The molecule has 0 unspecified atom stereocenters. The molecular weight excluding hydrogens is 282 g/mol. The molecule has 3 rings (SSSR count). The van der Waals surface area contributed by atoms with Crippen molar-refractivity contribution < 1.29 is 0 Å². The van der Waals surface area contributed by atoms with Gasteiger partial charge in [-0.25, -0.2) is 0 Å². The van der Waals surface area contributed by atoms with Gasteiger partial charge in [0.25, 0.3) is 0 Å². The van der Waals surface area contributed by atoms with E-state index in [-0.39, 0.29) is 0 Å². The molecule has 4 heteroatoms. The molecule has 0 spiro atoms. The molecule has 1 aliphatic carbocycles. The second kappa shape index (κ2) is 7.48. The van der Waals surface area contributed by atoms with Crippen molar-refractivity contribution in [3.63, 3.8) is 0 Å². The maximum absolute atomic E-state index is 6.28. The fraction of sp³-hybridized carbons (Fsp3) is 0.647. The van der Waals surface area contributed by atoms with E-state index >= 15 is 0 Å². The Kier molecular flexibility index (Phi) is 5.39. The van der Waals surface area contributed by atoms with Gasteiger partial charge in [0.1, 0.15) is 0 Å². The van der Waals surface area contributed by atoms with Gasteiger partial charge in [-0.2, -0.15) is 0 Å². The maximum Gasteiger partial charge on any atom is 0.0639 e. The molecule has 1 heterocycles. The monoisotopic (exact) mass is 307 g/mol. The first-order valence-corrected chi connectivity index (χ1v) is 8.66. The Bertz CT molecular complexity index is 437. The Labute approximate surface area is 133 Å². The molecule has 0 radical (unpaired) electrons. The number of piperazine rings is 1. The van der Waals surface area contributed by atoms with Gasteiger partial charge in [0.15, 0.2) is 0 Å². The molecule has 0 aromatic heterocycles. The van der Waals surface area contributed by atoms with Gasteiger partial charge in [0.05, 0.1) is 10.7 Å². The molecule has 1 N–H and O–H groups in total. The van der Waals surface area contributed by atoms with Gasteiger partial charge >= 0.3 is 0 Å². The lowest BCUT2D eigenvalue weighted by molar-refractivity contribution is 0.254. The second-order valence-electron chi connectivity index (χ2n) is 6.22. The summed E-state index contributed by atoms with van der Waals surface area (Å²) in [7, 11) is 0. The minimum Gasteiger partial charge on any atom is -0.368 e. The number of halogens is 1. The smallest absolute Gasteiger partial charge is 0.0639 e. The van der Waals surface area contributed by atoms with Gasteiger partial charge in [-0.05, 0) is 25.0 Å². The van der Waals surface area contributed by atoms with Crippen LogP contribution in [0.4, 0.5) is 5.69 Å². The lowest BCUT2D eigenvalue weighted by Crippen LogP contribution is -2.48. The van der Waals surface area contributed by atoms with E-state index in [0.717, 1.165) is 43.8 Å². The van der Waals surface area contributed by atoms with Crippen molar-refractivity contribution in [3.05, 3.63) is 29.3 Å². The molecule has 3 nitrogen and oxygen atoms in total. The summed E-state index contributed by atoms with van der Waals surface area (Å²) in [5, 5.41) is 4.57. The van der Waals surface area contributed by atoms with Crippen LogP contribution in [0.2, 0.25) is 5.02 Å². The number of benzene rings is 1. The summed E-state index contributed by atoms with van der Waals surface area (Å²) < 4.78 is 0. The van der Waals surface area contributed by atoms with E-state index < -0.39 is 0 Å². The van der Waals surface area contributed by atoms with E-state index in [4.69, 9.17) is 11.6 Å². The zero-order chi connectivity index (χ0) is 14.5. The highest BCUT2D eigenvalue weighted by molar-refractivity contribution is 6.33. The van der Waals surface area contributed by atoms with Crippen molar-refractivity contribution in [3.8, 4) is 0 Å². The molecule has 1 aromatic carbocycles. The number of hydrogen-bond acceptors (Lipinski definition) is 3. The highest BCUT2D eigenvalue weighted by Crippen LogP contribution is 2.25. The second-order valence-corrected chi connectivity index (χ2v) is 6.62. The van der Waals surface area contributed by atoms with Crippen molar-refractivity contribution in [1.29, 1.82) is 0 Å². The van der Waals surface area contributed by atoms with Gasteiger partial charge in [-0.1, -0.05) is 36.6 Å². The quantitative estimate of drug-likeness (QED) is 0.902. The zero-order valence-corrected chi connectivity index (χ0v) is 13.5.